The summed E-state index contributed by atoms with van der Waals surface area (Å²) in [5.74, 6) is 0. The summed E-state index contributed by atoms with van der Waals surface area (Å²) in [6, 6.07) is 0. The Bertz CT molecular complexity index is 309. The summed E-state index contributed by atoms with van der Waals surface area (Å²) < 4.78 is 26.1. The number of alkyl halides is 1. The first-order valence-corrected chi connectivity index (χ1v) is 7.76. The summed E-state index contributed by atoms with van der Waals surface area (Å²) in [7, 11) is -3.12. The number of rotatable bonds is 1. The average Bonchev–Trinajstić information content (AvgIpc) is 2.21. The zero-order valence-corrected chi connectivity index (χ0v) is 13.0. The molecule has 3 nitrogen and oxygen atoms in total. The molecule has 90 valence electrons. The van der Waals surface area contributed by atoms with Gasteiger partial charge in [0.2, 0.25) is 10.0 Å². The van der Waals surface area contributed by atoms with E-state index in [0.717, 1.165) is 6.42 Å². The van der Waals surface area contributed by atoms with Crippen molar-refractivity contribution in [3.05, 3.63) is 0 Å². The van der Waals surface area contributed by atoms with Gasteiger partial charge in [-0.3, -0.25) is 0 Å². The van der Waals surface area contributed by atoms with E-state index in [1.54, 1.807) is 4.31 Å². The second-order valence-electron chi connectivity index (χ2n) is 5.63. The van der Waals surface area contributed by atoms with Crippen molar-refractivity contribution in [2.75, 3.05) is 6.54 Å². The first kappa shape index (κ1) is 13.7. The SMILES string of the molecule is CC(C)(I)C1CCN(C(C)(C)C)S1(=O)=O. The van der Waals surface area contributed by atoms with Gasteiger partial charge in [0.25, 0.3) is 0 Å². The minimum atomic E-state index is -3.12. The Morgan fingerprint density at radius 2 is 1.67 bits per heavy atom. The fourth-order valence-electron chi connectivity index (χ4n) is 2.08. The lowest BCUT2D eigenvalue weighted by atomic mass is 10.1. The van der Waals surface area contributed by atoms with Crippen LogP contribution in [0.4, 0.5) is 0 Å². The molecule has 0 aromatic rings. The lowest BCUT2D eigenvalue weighted by molar-refractivity contribution is 0.267. The first-order chi connectivity index (χ1) is 6.47. The quantitative estimate of drug-likeness (QED) is 0.541. The lowest BCUT2D eigenvalue weighted by Gasteiger charge is -2.32. The maximum absolute atomic E-state index is 12.3. The minimum Gasteiger partial charge on any atom is -0.212 e. The van der Waals surface area contributed by atoms with E-state index in [-0.39, 0.29) is 14.2 Å². The molecule has 1 unspecified atom stereocenters. The molecule has 1 fully saturated rings. The normalized spacial score (nSPS) is 28.3. The van der Waals surface area contributed by atoms with Crippen LogP contribution in [-0.2, 0) is 10.0 Å². The molecular formula is C10H20INO2S. The third kappa shape index (κ3) is 2.66. The van der Waals surface area contributed by atoms with Crippen molar-refractivity contribution in [2.45, 2.75) is 55.3 Å². The zero-order valence-electron chi connectivity index (χ0n) is 10.0. The molecule has 0 amide bonds. The highest BCUT2D eigenvalue weighted by Gasteiger charge is 2.49. The second kappa shape index (κ2) is 3.84. The second-order valence-corrected chi connectivity index (χ2v) is 10.4. The lowest BCUT2D eigenvalue weighted by Crippen LogP contribution is -2.46. The molecule has 1 rings (SSSR count). The first-order valence-electron chi connectivity index (χ1n) is 5.18. The molecule has 0 radical (unpaired) electrons. The Morgan fingerprint density at radius 3 is 1.87 bits per heavy atom. The third-order valence-electron chi connectivity index (χ3n) is 2.77. The summed E-state index contributed by atoms with van der Waals surface area (Å²) >= 11 is 2.24. The van der Waals surface area contributed by atoms with Gasteiger partial charge in [0.1, 0.15) is 0 Å². The van der Waals surface area contributed by atoms with Gasteiger partial charge in [-0.25, -0.2) is 8.42 Å². The summed E-state index contributed by atoms with van der Waals surface area (Å²) in [6.45, 7) is 10.5. The molecule has 0 aromatic heterocycles. The number of hydrogen-bond acceptors (Lipinski definition) is 2. The molecule has 0 spiro atoms. The molecule has 0 aliphatic carbocycles. The summed E-state index contributed by atoms with van der Waals surface area (Å²) in [4.78, 5) is 0. The summed E-state index contributed by atoms with van der Waals surface area (Å²) in [5, 5.41) is -0.246. The van der Waals surface area contributed by atoms with E-state index in [2.05, 4.69) is 22.6 Å². The van der Waals surface area contributed by atoms with Gasteiger partial charge in [0, 0.05) is 15.5 Å². The van der Waals surface area contributed by atoms with Crippen LogP contribution >= 0.6 is 22.6 Å². The van der Waals surface area contributed by atoms with Gasteiger partial charge in [-0.1, -0.05) is 22.6 Å². The Hall–Kier alpha value is 0.640. The fraction of sp³-hybridized carbons (Fsp3) is 1.00. The van der Waals surface area contributed by atoms with Crippen molar-refractivity contribution in [3.63, 3.8) is 0 Å². The van der Waals surface area contributed by atoms with Crippen LogP contribution in [0.3, 0.4) is 0 Å². The highest BCUT2D eigenvalue weighted by molar-refractivity contribution is 14.1. The van der Waals surface area contributed by atoms with Crippen molar-refractivity contribution in [1.82, 2.24) is 4.31 Å². The smallest absolute Gasteiger partial charge is 0.212 e. The minimum absolute atomic E-state index is 0.198. The van der Waals surface area contributed by atoms with E-state index in [1.807, 2.05) is 34.6 Å². The Labute approximate surface area is 107 Å². The molecule has 1 aliphatic heterocycles. The highest BCUT2D eigenvalue weighted by Crippen LogP contribution is 2.38. The van der Waals surface area contributed by atoms with Crippen LogP contribution in [0.2, 0.25) is 0 Å². The van der Waals surface area contributed by atoms with Gasteiger partial charge in [-0.15, -0.1) is 0 Å². The molecule has 1 atom stereocenters. The van der Waals surface area contributed by atoms with Crippen molar-refractivity contribution in [1.29, 1.82) is 0 Å². The van der Waals surface area contributed by atoms with Crippen molar-refractivity contribution < 1.29 is 8.42 Å². The largest absolute Gasteiger partial charge is 0.218 e. The van der Waals surface area contributed by atoms with Gasteiger partial charge < -0.3 is 0 Å². The molecule has 15 heavy (non-hydrogen) atoms. The van der Waals surface area contributed by atoms with Crippen LogP contribution in [0, 0.1) is 0 Å². The van der Waals surface area contributed by atoms with Crippen LogP contribution in [0.1, 0.15) is 41.0 Å². The Balaban J connectivity index is 3.07. The van der Waals surface area contributed by atoms with E-state index in [0.29, 0.717) is 6.54 Å². The molecule has 0 aromatic carbocycles. The monoisotopic (exact) mass is 345 g/mol. The summed E-state index contributed by atoms with van der Waals surface area (Å²) in [6.07, 6.45) is 0.746. The van der Waals surface area contributed by atoms with Gasteiger partial charge in [0.15, 0.2) is 0 Å². The highest BCUT2D eigenvalue weighted by atomic mass is 127. The van der Waals surface area contributed by atoms with Gasteiger partial charge >= 0.3 is 0 Å². The van der Waals surface area contributed by atoms with Crippen LogP contribution in [-0.4, -0.2) is 33.5 Å². The number of halogens is 1. The van der Waals surface area contributed by atoms with E-state index in [9.17, 15) is 8.42 Å². The molecule has 5 heteroatoms. The van der Waals surface area contributed by atoms with Crippen LogP contribution < -0.4 is 0 Å². The topological polar surface area (TPSA) is 37.4 Å². The predicted molar refractivity (Wildman–Crippen MR) is 71.9 cm³/mol. The van der Waals surface area contributed by atoms with Crippen molar-refractivity contribution in [2.24, 2.45) is 0 Å². The van der Waals surface area contributed by atoms with E-state index in [4.69, 9.17) is 0 Å². The summed E-state index contributed by atoms with van der Waals surface area (Å²) in [5.41, 5.74) is -0.296. The van der Waals surface area contributed by atoms with E-state index >= 15 is 0 Å². The fourth-order valence-corrected chi connectivity index (χ4v) is 5.90. The van der Waals surface area contributed by atoms with Crippen molar-refractivity contribution >= 4 is 32.6 Å². The van der Waals surface area contributed by atoms with Crippen molar-refractivity contribution in [3.8, 4) is 0 Å². The molecular weight excluding hydrogens is 325 g/mol. The Kier molecular flexibility index (Phi) is 3.51. The average molecular weight is 345 g/mol. The standard InChI is InChI=1S/C10H20INO2S/c1-9(2,3)12-7-6-8(10(4,5)11)15(12,13)14/h8H,6-7H2,1-5H3. The Morgan fingerprint density at radius 1 is 1.20 bits per heavy atom. The molecule has 1 heterocycles. The number of sulfonamides is 1. The predicted octanol–water partition coefficient (Wildman–Crippen LogP) is 2.40. The molecule has 0 saturated carbocycles. The van der Waals surface area contributed by atoms with Crippen LogP contribution in [0.15, 0.2) is 0 Å². The van der Waals surface area contributed by atoms with Gasteiger partial charge in [-0.05, 0) is 41.0 Å². The number of nitrogens with zero attached hydrogens (tertiary/aromatic N) is 1. The van der Waals surface area contributed by atoms with Crippen LogP contribution in [0.5, 0.6) is 0 Å². The van der Waals surface area contributed by atoms with Gasteiger partial charge in [0.05, 0.1) is 5.25 Å². The van der Waals surface area contributed by atoms with E-state index < -0.39 is 10.0 Å². The number of hydrogen-bond donors (Lipinski definition) is 0. The molecule has 0 N–H and O–H groups in total. The third-order valence-corrected chi connectivity index (χ3v) is 6.84. The molecule has 0 bridgehead atoms. The maximum Gasteiger partial charge on any atom is 0.218 e. The maximum atomic E-state index is 12.3. The van der Waals surface area contributed by atoms with E-state index in [1.165, 1.54) is 0 Å². The zero-order chi connectivity index (χ0) is 12.1. The van der Waals surface area contributed by atoms with Gasteiger partial charge in [-0.2, -0.15) is 4.31 Å². The van der Waals surface area contributed by atoms with Crippen LogP contribution in [0.25, 0.3) is 0 Å². The molecule has 1 aliphatic rings. The molecule has 1 saturated heterocycles.